The monoisotopic (exact) mass is 601 g/mol. The SMILES string of the molecule is C[C@H](NC(=O)c1ccon1)[C@H](Oc1ccc(C(=O)N[C@H]2CCCN(C(=O)[C@H]3COC(=O)C3)C2)nc1)c1ccc(C2CC2)cc1. The van der Waals surface area contributed by atoms with Gasteiger partial charge in [-0.2, -0.15) is 0 Å². The number of benzene rings is 1. The van der Waals surface area contributed by atoms with E-state index in [1.165, 1.54) is 36.9 Å². The minimum Gasteiger partial charge on any atom is -0.482 e. The predicted molar refractivity (Wildman–Crippen MR) is 156 cm³/mol. The molecule has 44 heavy (non-hydrogen) atoms. The molecule has 2 aliphatic heterocycles. The number of piperidine rings is 1. The number of cyclic esters (lactones) is 1. The van der Waals surface area contributed by atoms with Crippen LogP contribution in [-0.2, 0) is 14.3 Å². The number of carbonyl (C=O) groups is 4. The number of nitrogens with one attached hydrogen (secondary N) is 2. The lowest BCUT2D eigenvalue weighted by molar-refractivity contribution is -0.138. The molecular weight excluding hydrogens is 566 g/mol. The molecule has 1 saturated carbocycles. The maximum Gasteiger partial charge on any atom is 0.306 e. The molecule has 4 heterocycles. The summed E-state index contributed by atoms with van der Waals surface area (Å²) in [5.41, 5.74) is 2.56. The number of pyridine rings is 1. The number of hydrogen-bond donors (Lipinski definition) is 2. The fraction of sp³-hybridized carbons (Fsp3) is 0.438. The van der Waals surface area contributed by atoms with E-state index in [9.17, 15) is 19.2 Å². The number of hydrogen-bond acceptors (Lipinski definition) is 9. The number of amides is 3. The van der Waals surface area contributed by atoms with Crippen molar-refractivity contribution in [3.05, 3.63) is 77.4 Å². The number of likely N-dealkylation sites (tertiary alicyclic amines) is 1. The lowest BCUT2D eigenvalue weighted by atomic mass is 10.00. The Labute approximate surface area is 254 Å². The van der Waals surface area contributed by atoms with Crippen LogP contribution in [0.15, 0.2) is 59.4 Å². The summed E-state index contributed by atoms with van der Waals surface area (Å²) in [6.07, 6.45) is 6.25. The van der Waals surface area contributed by atoms with Crippen LogP contribution in [0.3, 0.4) is 0 Å². The van der Waals surface area contributed by atoms with E-state index in [0.717, 1.165) is 18.4 Å². The van der Waals surface area contributed by atoms with Gasteiger partial charge in [0.2, 0.25) is 5.91 Å². The molecule has 0 unspecified atom stereocenters. The summed E-state index contributed by atoms with van der Waals surface area (Å²) < 4.78 is 16.1. The van der Waals surface area contributed by atoms with E-state index in [4.69, 9.17) is 14.0 Å². The Morgan fingerprint density at radius 1 is 1.02 bits per heavy atom. The van der Waals surface area contributed by atoms with Gasteiger partial charge in [0.15, 0.2) is 5.69 Å². The highest BCUT2D eigenvalue weighted by Crippen LogP contribution is 2.40. The lowest BCUT2D eigenvalue weighted by Crippen LogP contribution is -2.51. The van der Waals surface area contributed by atoms with Gasteiger partial charge in [-0.25, -0.2) is 4.98 Å². The number of ether oxygens (including phenoxy) is 2. The molecule has 230 valence electrons. The second-order valence-corrected chi connectivity index (χ2v) is 11.7. The third-order valence-electron chi connectivity index (χ3n) is 8.31. The van der Waals surface area contributed by atoms with Gasteiger partial charge in [-0.1, -0.05) is 29.4 Å². The first-order chi connectivity index (χ1) is 21.3. The standard InChI is InChI=1S/C32H35N5O7/c1-19(34-31(40)27-12-14-43-36-27)29(22-8-6-21(7-9-22)20-4-5-20)44-25-10-11-26(33-16-25)30(39)35-24-3-2-13-37(17-24)32(41)23-15-28(38)42-18-23/h6-12,14,16,19-20,23-24,29H,2-5,13,15,17-18H2,1H3,(H,34,40)(H,35,39)/t19-,23+,24-,29-/m0/s1. The van der Waals surface area contributed by atoms with Crippen LogP contribution < -0.4 is 15.4 Å². The van der Waals surface area contributed by atoms with Gasteiger partial charge >= 0.3 is 5.97 Å². The number of rotatable bonds is 10. The molecule has 1 aliphatic carbocycles. The fourth-order valence-corrected chi connectivity index (χ4v) is 5.73. The van der Waals surface area contributed by atoms with E-state index < -0.39 is 18.1 Å². The Morgan fingerprint density at radius 3 is 2.50 bits per heavy atom. The minimum atomic E-state index is -0.549. The van der Waals surface area contributed by atoms with Gasteiger partial charge in [-0.15, -0.1) is 0 Å². The summed E-state index contributed by atoms with van der Waals surface area (Å²) in [4.78, 5) is 56.0. The molecule has 0 spiro atoms. The summed E-state index contributed by atoms with van der Waals surface area (Å²) >= 11 is 0. The van der Waals surface area contributed by atoms with Gasteiger partial charge < -0.3 is 29.5 Å². The van der Waals surface area contributed by atoms with Crippen molar-refractivity contribution in [2.75, 3.05) is 19.7 Å². The molecule has 2 N–H and O–H groups in total. The summed E-state index contributed by atoms with van der Waals surface area (Å²) in [6, 6.07) is 12.3. The molecule has 3 amide bonds. The molecule has 3 aliphatic rings. The highest BCUT2D eigenvalue weighted by atomic mass is 16.5. The summed E-state index contributed by atoms with van der Waals surface area (Å²) in [5.74, 6) is -0.610. The van der Waals surface area contributed by atoms with E-state index >= 15 is 0 Å². The van der Waals surface area contributed by atoms with Crippen LogP contribution in [0.2, 0.25) is 0 Å². The normalized spacial score (nSPS) is 21.2. The number of nitrogens with zero attached hydrogens (tertiary/aromatic N) is 3. The van der Waals surface area contributed by atoms with Crippen LogP contribution in [0.5, 0.6) is 5.75 Å². The van der Waals surface area contributed by atoms with Gasteiger partial charge in [-0.05, 0) is 61.8 Å². The topological polar surface area (TPSA) is 153 Å². The number of carbonyl (C=O) groups excluding carboxylic acids is 4. The van der Waals surface area contributed by atoms with E-state index in [2.05, 4.69) is 32.9 Å². The van der Waals surface area contributed by atoms with Gasteiger partial charge in [-0.3, -0.25) is 19.2 Å². The molecular formula is C32H35N5O7. The fourth-order valence-electron chi connectivity index (χ4n) is 5.73. The van der Waals surface area contributed by atoms with E-state index in [0.29, 0.717) is 24.8 Å². The second-order valence-electron chi connectivity index (χ2n) is 11.7. The third-order valence-corrected chi connectivity index (χ3v) is 8.31. The first kappa shape index (κ1) is 29.3. The van der Waals surface area contributed by atoms with Gasteiger partial charge in [0, 0.05) is 25.2 Å². The van der Waals surface area contributed by atoms with Crippen molar-refractivity contribution in [1.82, 2.24) is 25.7 Å². The highest BCUT2D eigenvalue weighted by molar-refractivity contribution is 5.93. The average Bonchev–Trinajstić information content (AvgIpc) is 3.55. The number of aromatic nitrogens is 2. The summed E-state index contributed by atoms with van der Waals surface area (Å²) in [6.45, 7) is 2.92. The predicted octanol–water partition coefficient (Wildman–Crippen LogP) is 3.17. The highest BCUT2D eigenvalue weighted by Gasteiger charge is 2.35. The van der Waals surface area contributed by atoms with Crippen LogP contribution in [-0.4, -0.2) is 70.5 Å². The Morgan fingerprint density at radius 2 is 1.84 bits per heavy atom. The molecule has 0 radical (unpaired) electrons. The van der Waals surface area contributed by atoms with E-state index in [1.807, 2.05) is 19.1 Å². The molecule has 3 aromatic rings. The molecule has 12 heteroatoms. The Kier molecular flexibility index (Phi) is 8.58. The van der Waals surface area contributed by atoms with Crippen LogP contribution in [0.4, 0.5) is 0 Å². The quantitative estimate of drug-likeness (QED) is 0.334. The van der Waals surface area contributed by atoms with Crippen LogP contribution in [0.1, 0.15) is 83.2 Å². The van der Waals surface area contributed by atoms with Crippen LogP contribution in [0.25, 0.3) is 0 Å². The van der Waals surface area contributed by atoms with Gasteiger partial charge in [0.25, 0.3) is 11.8 Å². The van der Waals surface area contributed by atoms with Crippen molar-refractivity contribution in [2.45, 2.75) is 63.1 Å². The van der Waals surface area contributed by atoms with Crippen LogP contribution in [0, 0.1) is 5.92 Å². The average molecular weight is 602 g/mol. The maximum absolute atomic E-state index is 13.0. The van der Waals surface area contributed by atoms with Crippen molar-refractivity contribution < 1.29 is 33.2 Å². The Bertz CT molecular complexity index is 1490. The van der Waals surface area contributed by atoms with E-state index in [1.54, 1.807) is 17.0 Å². The van der Waals surface area contributed by atoms with Crippen molar-refractivity contribution in [3.63, 3.8) is 0 Å². The minimum absolute atomic E-state index is 0.101. The van der Waals surface area contributed by atoms with Crippen molar-refractivity contribution in [3.8, 4) is 5.75 Å². The van der Waals surface area contributed by atoms with Crippen molar-refractivity contribution in [2.24, 2.45) is 5.92 Å². The van der Waals surface area contributed by atoms with Crippen LogP contribution >= 0.6 is 0 Å². The van der Waals surface area contributed by atoms with Gasteiger partial charge in [0.05, 0.1) is 24.6 Å². The zero-order valence-electron chi connectivity index (χ0n) is 24.4. The molecule has 2 aromatic heterocycles. The Hall–Kier alpha value is -4.74. The molecule has 3 fully saturated rings. The van der Waals surface area contributed by atoms with Crippen molar-refractivity contribution in [1.29, 1.82) is 0 Å². The molecule has 4 atom stereocenters. The zero-order chi connectivity index (χ0) is 30.6. The second kappa shape index (κ2) is 12.9. The molecule has 12 nitrogen and oxygen atoms in total. The third kappa shape index (κ3) is 6.90. The van der Waals surface area contributed by atoms with Crippen molar-refractivity contribution >= 4 is 23.7 Å². The number of esters is 1. The molecule has 6 rings (SSSR count). The summed E-state index contributed by atoms with van der Waals surface area (Å²) in [5, 5.41) is 9.63. The van der Waals surface area contributed by atoms with E-state index in [-0.39, 0.29) is 54.1 Å². The smallest absolute Gasteiger partial charge is 0.306 e. The lowest BCUT2D eigenvalue weighted by Gasteiger charge is -2.34. The largest absolute Gasteiger partial charge is 0.482 e. The molecule has 1 aromatic carbocycles. The Balaban J connectivity index is 1.09. The summed E-state index contributed by atoms with van der Waals surface area (Å²) in [7, 11) is 0. The first-order valence-corrected chi connectivity index (χ1v) is 15.0. The zero-order valence-corrected chi connectivity index (χ0v) is 24.4. The first-order valence-electron chi connectivity index (χ1n) is 15.0. The molecule has 2 saturated heterocycles. The van der Waals surface area contributed by atoms with Gasteiger partial charge in [0.1, 0.15) is 30.4 Å². The molecule has 0 bridgehead atoms. The maximum atomic E-state index is 13.0.